The van der Waals surface area contributed by atoms with E-state index in [4.69, 9.17) is 4.74 Å². The first-order chi connectivity index (χ1) is 6.04. The van der Waals surface area contributed by atoms with Gasteiger partial charge in [0.15, 0.2) is 0 Å². The summed E-state index contributed by atoms with van der Waals surface area (Å²) in [6, 6.07) is 0. The molecule has 1 unspecified atom stereocenters. The van der Waals surface area contributed by atoms with Crippen LogP contribution in [-0.4, -0.2) is 18.5 Å². The summed E-state index contributed by atoms with van der Waals surface area (Å²) in [7, 11) is 0. The van der Waals surface area contributed by atoms with Crippen molar-refractivity contribution in [3.8, 4) is 0 Å². The summed E-state index contributed by atoms with van der Waals surface area (Å²) in [5.41, 5.74) is 0.178. The van der Waals surface area contributed by atoms with Crippen LogP contribution in [0.25, 0.3) is 0 Å². The molecule has 0 aliphatic heterocycles. The van der Waals surface area contributed by atoms with Crippen molar-refractivity contribution in [2.24, 2.45) is 11.3 Å². The maximum absolute atomic E-state index is 5.53. The van der Waals surface area contributed by atoms with Gasteiger partial charge in [-0.1, -0.05) is 42.8 Å². The topological polar surface area (TPSA) is 9.23 Å². The first-order valence-electron chi connectivity index (χ1n) is 4.81. The molecule has 0 saturated heterocycles. The molecule has 0 fully saturated rings. The normalized spacial score (nSPS) is 15.8. The molecule has 0 heterocycles. The fraction of sp³-hybridized carbons (Fsp3) is 0.818. The van der Waals surface area contributed by atoms with Gasteiger partial charge in [0.05, 0.1) is 0 Å². The zero-order valence-corrected chi connectivity index (χ0v) is 10.6. The standard InChI is InChI=1S/C11H21BrO/c1-5-11(4,9-12)6-7-13-8-10(2)3/h5,10H,1,6-9H2,2-4H3. The SMILES string of the molecule is C=CC(C)(CBr)CCOCC(C)C. The van der Waals surface area contributed by atoms with Crippen LogP contribution >= 0.6 is 15.9 Å². The fourth-order valence-corrected chi connectivity index (χ4v) is 1.36. The van der Waals surface area contributed by atoms with Crippen LogP contribution in [-0.2, 0) is 4.74 Å². The van der Waals surface area contributed by atoms with E-state index in [1.165, 1.54) is 0 Å². The molecule has 0 N–H and O–H groups in total. The second kappa shape index (κ2) is 6.61. The highest BCUT2D eigenvalue weighted by Crippen LogP contribution is 2.25. The van der Waals surface area contributed by atoms with Gasteiger partial charge in [-0.2, -0.15) is 0 Å². The Morgan fingerprint density at radius 1 is 1.54 bits per heavy atom. The third kappa shape index (κ3) is 6.28. The summed E-state index contributed by atoms with van der Waals surface area (Å²) >= 11 is 3.49. The second-order valence-electron chi connectivity index (χ2n) is 4.21. The van der Waals surface area contributed by atoms with E-state index in [1.807, 2.05) is 6.08 Å². The molecule has 0 aliphatic rings. The van der Waals surface area contributed by atoms with Crippen molar-refractivity contribution in [1.29, 1.82) is 0 Å². The van der Waals surface area contributed by atoms with E-state index < -0.39 is 0 Å². The van der Waals surface area contributed by atoms with Gasteiger partial charge in [-0.05, 0) is 17.8 Å². The number of alkyl halides is 1. The maximum Gasteiger partial charge on any atom is 0.0488 e. The van der Waals surface area contributed by atoms with Crippen LogP contribution in [0, 0.1) is 11.3 Å². The van der Waals surface area contributed by atoms with Gasteiger partial charge in [-0.15, -0.1) is 6.58 Å². The van der Waals surface area contributed by atoms with Crippen LogP contribution in [0.3, 0.4) is 0 Å². The molecule has 0 saturated carbocycles. The summed E-state index contributed by atoms with van der Waals surface area (Å²) < 4.78 is 5.53. The quantitative estimate of drug-likeness (QED) is 0.380. The number of halogens is 1. The van der Waals surface area contributed by atoms with Crippen LogP contribution in [0.1, 0.15) is 27.2 Å². The molecule has 78 valence electrons. The molecule has 1 nitrogen and oxygen atoms in total. The molecule has 0 aromatic carbocycles. The van der Waals surface area contributed by atoms with Crippen molar-refractivity contribution >= 4 is 15.9 Å². The molecule has 0 aliphatic carbocycles. The van der Waals surface area contributed by atoms with E-state index in [1.54, 1.807) is 0 Å². The third-order valence-electron chi connectivity index (χ3n) is 2.07. The van der Waals surface area contributed by atoms with Gasteiger partial charge in [0, 0.05) is 18.5 Å². The van der Waals surface area contributed by atoms with Crippen LogP contribution in [0.2, 0.25) is 0 Å². The Labute approximate surface area is 90.7 Å². The monoisotopic (exact) mass is 248 g/mol. The van der Waals surface area contributed by atoms with E-state index in [0.29, 0.717) is 5.92 Å². The van der Waals surface area contributed by atoms with E-state index in [0.717, 1.165) is 25.0 Å². The molecule has 2 heteroatoms. The molecular weight excluding hydrogens is 228 g/mol. The highest BCUT2D eigenvalue weighted by atomic mass is 79.9. The van der Waals surface area contributed by atoms with Crippen molar-refractivity contribution in [3.63, 3.8) is 0 Å². The second-order valence-corrected chi connectivity index (χ2v) is 4.77. The number of ether oxygens (including phenoxy) is 1. The van der Waals surface area contributed by atoms with Crippen molar-refractivity contribution in [1.82, 2.24) is 0 Å². The van der Waals surface area contributed by atoms with Crippen molar-refractivity contribution in [3.05, 3.63) is 12.7 Å². The Balaban J connectivity index is 3.56. The Morgan fingerprint density at radius 3 is 2.54 bits per heavy atom. The lowest BCUT2D eigenvalue weighted by Crippen LogP contribution is -2.18. The predicted molar refractivity (Wildman–Crippen MR) is 62.4 cm³/mol. The Hall–Kier alpha value is 0.180. The van der Waals surface area contributed by atoms with Crippen LogP contribution in [0.15, 0.2) is 12.7 Å². The zero-order valence-electron chi connectivity index (χ0n) is 8.98. The minimum absolute atomic E-state index is 0.178. The molecule has 0 radical (unpaired) electrons. The lowest BCUT2D eigenvalue weighted by atomic mass is 9.90. The van der Waals surface area contributed by atoms with Gasteiger partial charge in [0.1, 0.15) is 0 Å². The molecule has 1 atom stereocenters. The Bertz CT molecular complexity index is 145. The van der Waals surface area contributed by atoms with Gasteiger partial charge in [0.2, 0.25) is 0 Å². The number of allylic oxidation sites excluding steroid dienone is 1. The van der Waals surface area contributed by atoms with Crippen molar-refractivity contribution in [2.45, 2.75) is 27.2 Å². The summed E-state index contributed by atoms with van der Waals surface area (Å²) in [5.74, 6) is 0.624. The number of rotatable bonds is 7. The van der Waals surface area contributed by atoms with Crippen molar-refractivity contribution in [2.75, 3.05) is 18.5 Å². The van der Waals surface area contributed by atoms with E-state index in [2.05, 4.69) is 43.3 Å². The van der Waals surface area contributed by atoms with Gasteiger partial charge >= 0.3 is 0 Å². The minimum atomic E-state index is 0.178. The largest absolute Gasteiger partial charge is 0.381 e. The molecule has 0 amide bonds. The highest BCUT2D eigenvalue weighted by Gasteiger charge is 2.17. The summed E-state index contributed by atoms with van der Waals surface area (Å²) in [6.07, 6.45) is 3.04. The Morgan fingerprint density at radius 2 is 2.15 bits per heavy atom. The number of hydrogen-bond donors (Lipinski definition) is 0. The van der Waals surface area contributed by atoms with E-state index in [9.17, 15) is 0 Å². The molecule has 0 spiro atoms. The molecule has 0 rings (SSSR count). The average molecular weight is 249 g/mol. The van der Waals surface area contributed by atoms with E-state index in [-0.39, 0.29) is 5.41 Å². The lowest BCUT2D eigenvalue weighted by molar-refractivity contribution is 0.0935. The predicted octanol–water partition coefficient (Wildman–Crippen LogP) is 3.64. The van der Waals surface area contributed by atoms with Crippen LogP contribution in [0.5, 0.6) is 0 Å². The maximum atomic E-state index is 5.53. The fourth-order valence-electron chi connectivity index (χ4n) is 0.848. The smallest absolute Gasteiger partial charge is 0.0488 e. The van der Waals surface area contributed by atoms with Gasteiger partial charge in [-0.3, -0.25) is 0 Å². The first-order valence-corrected chi connectivity index (χ1v) is 5.93. The van der Waals surface area contributed by atoms with Gasteiger partial charge in [-0.25, -0.2) is 0 Å². The molecule has 0 aromatic rings. The van der Waals surface area contributed by atoms with Crippen LogP contribution < -0.4 is 0 Å². The zero-order chi connectivity index (χ0) is 10.3. The van der Waals surface area contributed by atoms with Crippen molar-refractivity contribution < 1.29 is 4.74 Å². The highest BCUT2D eigenvalue weighted by molar-refractivity contribution is 9.09. The third-order valence-corrected chi connectivity index (χ3v) is 3.35. The summed E-state index contributed by atoms with van der Waals surface area (Å²) in [6.45, 7) is 12.0. The van der Waals surface area contributed by atoms with E-state index >= 15 is 0 Å². The minimum Gasteiger partial charge on any atom is -0.381 e. The average Bonchev–Trinajstić information content (AvgIpc) is 2.12. The molecule has 0 aromatic heterocycles. The summed E-state index contributed by atoms with van der Waals surface area (Å²) in [4.78, 5) is 0. The molecular formula is C11H21BrO. The van der Waals surface area contributed by atoms with Gasteiger partial charge in [0.25, 0.3) is 0 Å². The summed E-state index contributed by atoms with van der Waals surface area (Å²) in [5, 5.41) is 0.953. The molecule has 13 heavy (non-hydrogen) atoms. The van der Waals surface area contributed by atoms with Crippen LogP contribution in [0.4, 0.5) is 0 Å². The first kappa shape index (κ1) is 13.2. The number of hydrogen-bond acceptors (Lipinski definition) is 1. The Kier molecular flexibility index (Phi) is 6.70. The lowest BCUT2D eigenvalue weighted by Gasteiger charge is -2.22. The molecule has 0 bridgehead atoms. The van der Waals surface area contributed by atoms with Gasteiger partial charge < -0.3 is 4.74 Å².